The maximum Gasteiger partial charge on any atom is 0.319 e. The van der Waals surface area contributed by atoms with Gasteiger partial charge in [-0.05, 0) is 31.2 Å². The van der Waals surface area contributed by atoms with Crippen molar-refractivity contribution in [2.24, 2.45) is 5.92 Å². The summed E-state index contributed by atoms with van der Waals surface area (Å²) in [6.45, 7) is 2.28. The van der Waals surface area contributed by atoms with Crippen molar-refractivity contribution < 1.29 is 4.79 Å². The molecular formula is C16H22N6O. The second-order valence-electron chi connectivity index (χ2n) is 6.13. The van der Waals surface area contributed by atoms with Gasteiger partial charge in [-0.2, -0.15) is 5.10 Å². The summed E-state index contributed by atoms with van der Waals surface area (Å²) in [5, 5.41) is 10.0. The number of nitrogens with zero attached hydrogens (tertiary/aromatic N) is 4. The molecule has 1 saturated carbocycles. The van der Waals surface area contributed by atoms with Crippen LogP contribution in [0.1, 0.15) is 39.0 Å². The van der Waals surface area contributed by atoms with Crippen LogP contribution in [0, 0.1) is 5.92 Å². The SMILES string of the molecule is C[C@H]1CCC[C@H](NC(=O)Nc2cnn(-c3ncccn3)c2)CC1. The Labute approximate surface area is 135 Å². The Hall–Kier alpha value is -2.44. The molecular weight excluding hydrogens is 292 g/mol. The normalized spacial score (nSPS) is 21.4. The van der Waals surface area contributed by atoms with E-state index >= 15 is 0 Å². The molecule has 2 aromatic rings. The Kier molecular flexibility index (Phi) is 4.85. The number of carbonyl (C=O) groups excluding carboxylic acids is 1. The van der Waals surface area contributed by atoms with Gasteiger partial charge in [0.15, 0.2) is 0 Å². The van der Waals surface area contributed by atoms with Gasteiger partial charge in [0.25, 0.3) is 0 Å². The summed E-state index contributed by atoms with van der Waals surface area (Å²) < 4.78 is 1.53. The van der Waals surface area contributed by atoms with Gasteiger partial charge in [0.05, 0.1) is 18.1 Å². The van der Waals surface area contributed by atoms with Gasteiger partial charge in [0, 0.05) is 18.4 Å². The van der Waals surface area contributed by atoms with Crippen LogP contribution >= 0.6 is 0 Å². The number of aromatic nitrogens is 4. The Balaban J connectivity index is 1.55. The first-order valence-electron chi connectivity index (χ1n) is 8.10. The minimum Gasteiger partial charge on any atom is -0.335 e. The quantitative estimate of drug-likeness (QED) is 0.853. The lowest BCUT2D eigenvalue weighted by Gasteiger charge is -2.16. The molecule has 2 atom stereocenters. The Bertz CT molecular complexity index is 641. The van der Waals surface area contributed by atoms with Crippen molar-refractivity contribution in [3.63, 3.8) is 0 Å². The van der Waals surface area contributed by atoms with E-state index in [0.717, 1.165) is 18.8 Å². The zero-order chi connectivity index (χ0) is 16.1. The predicted octanol–water partition coefficient (Wildman–Crippen LogP) is 2.75. The third kappa shape index (κ3) is 4.28. The van der Waals surface area contributed by atoms with Crippen LogP contribution in [0.4, 0.5) is 10.5 Å². The fourth-order valence-electron chi connectivity index (χ4n) is 2.89. The van der Waals surface area contributed by atoms with Crippen molar-refractivity contribution in [2.45, 2.75) is 45.1 Å². The third-order valence-corrected chi connectivity index (χ3v) is 4.19. The second kappa shape index (κ2) is 7.21. The molecule has 0 bridgehead atoms. The minimum atomic E-state index is -0.182. The summed E-state index contributed by atoms with van der Waals surface area (Å²) >= 11 is 0. The summed E-state index contributed by atoms with van der Waals surface area (Å²) in [4.78, 5) is 20.4. The number of rotatable bonds is 3. The van der Waals surface area contributed by atoms with Gasteiger partial charge in [-0.3, -0.25) is 0 Å². The number of anilines is 1. The second-order valence-corrected chi connectivity index (χ2v) is 6.13. The van der Waals surface area contributed by atoms with E-state index < -0.39 is 0 Å². The number of amides is 2. The lowest BCUT2D eigenvalue weighted by molar-refractivity contribution is 0.247. The zero-order valence-electron chi connectivity index (χ0n) is 13.3. The van der Waals surface area contributed by atoms with Crippen molar-refractivity contribution in [3.8, 4) is 5.95 Å². The molecule has 2 amide bonds. The Morgan fingerprint density at radius 2 is 2.04 bits per heavy atom. The highest BCUT2D eigenvalue weighted by Gasteiger charge is 2.18. The molecule has 2 aromatic heterocycles. The standard InChI is InChI=1S/C16H22N6O/c1-12-4-2-5-13(7-6-12)20-16(23)21-14-10-19-22(11-14)15-17-8-3-9-18-15/h3,8-13H,2,4-7H2,1H3,(H2,20,21,23)/t12-,13-/m0/s1. The first-order valence-corrected chi connectivity index (χ1v) is 8.10. The minimum absolute atomic E-state index is 0.182. The van der Waals surface area contributed by atoms with Gasteiger partial charge >= 0.3 is 6.03 Å². The van der Waals surface area contributed by atoms with Crippen LogP contribution in [0.15, 0.2) is 30.9 Å². The largest absolute Gasteiger partial charge is 0.335 e. The van der Waals surface area contributed by atoms with Crippen LogP contribution in [0.2, 0.25) is 0 Å². The first-order chi connectivity index (χ1) is 11.2. The van der Waals surface area contributed by atoms with E-state index in [1.807, 2.05) is 0 Å². The van der Waals surface area contributed by atoms with Crippen molar-refractivity contribution in [3.05, 3.63) is 30.9 Å². The molecule has 122 valence electrons. The average molecular weight is 314 g/mol. The fraction of sp³-hybridized carbons (Fsp3) is 0.500. The Morgan fingerprint density at radius 3 is 2.87 bits per heavy atom. The summed E-state index contributed by atoms with van der Waals surface area (Å²) in [6, 6.07) is 1.82. The lowest BCUT2D eigenvalue weighted by atomic mass is 10.0. The van der Waals surface area contributed by atoms with E-state index in [-0.39, 0.29) is 12.1 Å². The zero-order valence-corrected chi connectivity index (χ0v) is 13.3. The average Bonchev–Trinajstić information content (AvgIpc) is 2.92. The number of carbonyl (C=O) groups is 1. The molecule has 1 fully saturated rings. The molecule has 2 N–H and O–H groups in total. The summed E-state index contributed by atoms with van der Waals surface area (Å²) in [5.74, 6) is 1.23. The molecule has 3 rings (SSSR count). The monoisotopic (exact) mass is 314 g/mol. The third-order valence-electron chi connectivity index (χ3n) is 4.19. The summed E-state index contributed by atoms with van der Waals surface area (Å²) in [7, 11) is 0. The van der Waals surface area contributed by atoms with Crippen molar-refractivity contribution in [1.82, 2.24) is 25.1 Å². The topological polar surface area (TPSA) is 84.7 Å². The molecule has 0 unspecified atom stereocenters. The Morgan fingerprint density at radius 1 is 1.22 bits per heavy atom. The van der Waals surface area contributed by atoms with Gasteiger partial charge in [0.1, 0.15) is 0 Å². The van der Waals surface area contributed by atoms with E-state index in [0.29, 0.717) is 11.6 Å². The van der Waals surface area contributed by atoms with E-state index in [2.05, 4.69) is 32.6 Å². The molecule has 1 aliphatic rings. The van der Waals surface area contributed by atoms with Crippen LogP contribution in [0.3, 0.4) is 0 Å². The molecule has 0 spiro atoms. The van der Waals surface area contributed by atoms with Crippen molar-refractivity contribution in [1.29, 1.82) is 0 Å². The van der Waals surface area contributed by atoms with E-state index in [1.54, 1.807) is 30.9 Å². The van der Waals surface area contributed by atoms with Crippen LogP contribution in [-0.2, 0) is 0 Å². The van der Waals surface area contributed by atoms with E-state index in [4.69, 9.17) is 0 Å². The number of hydrogen-bond acceptors (Lipinski definition) is 4. The van der Waals surface area contributed by atoms with Gasteiger partial charge in [0.2, 0.25) is 5.95 Å². The summed E-state index contributed by atoms with van der Waals surface area (Å²) in [5.41, 5.74) is 0.622. The van der Waals surface area contributed by atoms with Crippen LogP contribution < -0.4 is 10.6 Å². The molecule has 23 heavy (non-hydrogen) atoms. The maximum atomic E-state index is 12.1. The number of hydrogen-bond donors (Lipinski definition) is 2. The molecule has 1 aliphatic carbocycles. The lowest BCUT2D eigenvalue weighted by Crippen LogP contribution is -2.37. The highest BCUT2D eigenvalue weighted by Crippen LogP contribution is 2.22. The molecule has 0 radical (unpaired) electrons. The maximum absolute atomic E-state index is 12.1. The number of nitrogens with one attached hydrogen (secondary N) is 2. The molecule has 0 saturated heterocycles. The van der Waals surface area contributed by atoms with Crippen molar-refractivity contribution >= 4 is 11.7 Å². The highest BCUT2D eigenvalue weighted by atomic mass is 16.2. The van der Waals surface area contributed by atoms with Gasteiger partial charge < -0.3 is 10.6 Å². The molecule has 0 aliphatic heterocycles. The van der Waals surface area contributed by atoms with Crippen LogP contribution in [0.25, 0.3) is 5.95 Å². The van der Waals surface area contributed by atoms with E-state index in [1.165, 1.54) is 23.9 Å². The van der Waals surface area contributed by atoms with Crippen molar-refractivity contribution in [2.75, 3.05) is 5.32 Å². The molecule has 7 heteroatoms. The van der Waals surface area contributed by atoms with Crippen LogP contribution in [-0.4, -0.2) is 31.8 Å². The first kappa shape index (κ1) is 15.5. The number of urea groups is 1. The van der Waals surface area contributed by atoms with Crippen LogP contribution in [0.5, 0.6) is 0 Å². The molecule has 7 nitrogen and oxygen atoms in total. The molecule has 2 heterocycles. The van der Waals surface area contributed by atoms with Gasteiger partial charge in [-0.25, -0.2) is 19.4 Å². The molecule has 0 aromatic carbocycles. The summed E-state index contributed by atoms with van der Waals surface area (Å²) in [6.07, 6.45) is 12.3. The fourth-order valence-corrected chi connectivity index (χ4v) is 2.89. The highest BCUT2D eigenvalue weighted by molar-refractivity contribution is 5.89. The van der Waals surface area contributed by atoms with Gasteiger partial charge in [-0.1, -0.05) is 19.8 Å². The predicted molar refractivity (Wildman–Crippen MR) is 87.3 cm³/mol. The smallest absolute Gasteiger partial charge is 0.319 e. The van der Waals surface area contributed by atoms with Gasteiger partial charge in [-0.15, -0.1) is 0 Å². The van der Waals surface area contributed by atoms with E-state index in [9.17, 15) is 4.79 Å².